The van der Waals surface area contributed by atoms with Gasteiger partial charge in [0, 0.05) is 21.0 Å². The van der Waals surface area contributed by atoms with Crippen molar-refractivity contribution in [1.29, 1.82) is 0 Å². The Balaban J connectivity index is 2.98. The van der Waals surface area contributed by atoms with Gasteiger partial charge in [-0.15, -0.1) is 5.48 Å². The summed E-state index contributed by atoms with van der Waals surface area (Å²) in [6.45, 7) is 1.39. The van der Waals surface area contributed by atoms with Gasteiger partial charge in [-0.05, 0) is 0 Å². The first-order chi connectivity index (χ1) is 4.63. The van der Waals surface area contributed by atoms with E-state index in [9.17, 15) is 4.79 Å². The molecule has 0 radical (unpaired) electrons. The molecule has 0 aliphatic carbocycles. The van der Waals surface area contributed by atoms with E-state index < -0.39 is 0 Å². The Morgan fingerprint density at radius 3 is 2.60 bits per heavy atom. The molecule has 0 aromatic carbocycles. The SMILES string of the molecule is CC(=O)OCNON(C)C. The number of rotatable bonds is 4. The molecule has 0 fully saturated rings. The number of nitrogens with one attached hydrogen (secondary N) is 1. The van der Waals surface area contributed by atoms with Gasteiger partial charge in [0.25, 0.3) is 0 Å². The third-order valence-corrected chi connectivity index (χ3v) is 0.581. The maximum absolute atomic E-state index is 10.2. The summed E-state index contributed by atoms with van der Waals surface area (Å²) < 4.78 is 4.49. The first kappa shape index (κ1) is 9.35. The molecule has 0 amide bonds. The monoisotopic (exact) mass is 148 g/mol. The minimum absolute atomic E-state index is 0.0630. The number of hydrogen-bond donors (Lipinski definition) is 1. The molecule has 0 bridgehead atoms. The topological polar surface area (TPSA) is 50.8 Å². The normalized spacial score (nSPS) is 10.0. The van der Waals surface area contributed by atoms with Crippen molar-refractivity contribution in [2.24, 2.45) is 0 Å². The number of carbonyl (C=O) groups excluding carboxylic acids is 1. The Morgan fingerprint density at radius 1 is 1.60 bits per heavy atom. The maximum Gasteiger partial charge on any atom is 0.304 e. The van der Waals surface area contributed by atoms with Crippen molar-refractivity contribution in [3.63, 3.8) is 0 Å². The fourth-order valence-corrected chi connectivity index (χ4v) is 0.287. The van der Waals surface area contributed by atoms with Crippen molar-refractivity contribution in [3.05, 3.63) is 0 Å². The fourth-order valence-electron chi connectivity index (χ4n) is 0.287. The van der Waals surface area contributed by atoms with Gasteiger partial charge >= 0.3 is 5.97 Å². The van der Waals surface area contributed by atoms with Gasteiger partial charge in [-0.2, -0.15) is 5.06 Å². The van der Waals surface area contributed by atoms with Crippen LogP contribution in [0.5, 0.6) is 0 Å². The van der Waals surface area contributed by atoms with Crippen molar-refractivity contribution >= 4 is 5.97 Å². The van der Waals surface area contributed by atoms with Gasteiger partial charge in [-0.25, -0.2) is 4.94 Å². The lowest BCUT2D eigenvalue weighted by atomic mass is 10.8. The molecule has 5 nitrogen and oxygen atoms in total. The summed E-state index contributed by atoms with van der Waals surface area (Å²) in [7, 11) is 3.42. The summed E-state index contributed by atoms with van der Waals surface area (Å²) in [5.41, 5.74) is 2.40. The van der Waals surface area contributed by atoms with Crippen LogP contribution in [0.3, 0.4) is 0 Å². The highest BCUT2D eigenvalue weighted by molar-refractivity contribution is 5.65. The van der Waals surface area contributed by atoms with E-state index in [1.54, 1.807) is 14.1 Å². The van der Waals surface area contributed by atoms with Crippen LogP contribution >= 0.6 is 0 Å². The molecule has 5 heteroatoms. The van der Waals surface area contributed by atoms with Gasteiger partial charge in [0.15, 0.2) is 6.73 Å². The zero-order valence-electron chi connectivity index (χ0n) is 6.38. The number of hydroxylamine groups is 3. The zero-order valence-corrected chi connectivity index (χ0v) is 6.38. The van der Waals surface area contributed by atoms with Crippen LogP contribution in [0, 0.1) is 0 Å². The molecule has 0 atom stereocenters. The molecule has 0 aliphatic heterocycles. The van der Waals surface area contributed by atoms with Gasteiger partial charge in [0.05, 0.1) is 0 Å². The van der Waals surface area contributed by atoms with Crippen molar-refractivity contribution in [3.8, 4) is 0 Å². The summed E-state index contributed by atoms with van der Waals surface area (Å²) in [5.74, 6) is -0.338. The second kappa shape index (κ2) is 5.16. The molecule has 0 unspecified atom stereocenters. The van der Waals surface area contributed by atoms with Crippen molar-refractivity contribution in [2.45, 2.75) is 6.92 Å². The lowest BCUT2D eigenvalue weighted by Gasteiger charge is -2.09. The average Bonchev–Trinajstić information content (AvgIpc) is 1.79. The van der Waals surface area contributed by atoms with E-state index in [-0.39, 0.29) is 12.7 Å². The van der Waals surface area contributed by atoms with E-state index in [1.165, 1.54) is 12.0 Å². The summed E-state index contributed by atoms with van der Waals surface area (Å²) in [6.07, 6.45) is 0. The van der Waals surface area contributed by atoms with Crippen molar-refractivity contribution in [2.75, 3.05) is 20.8 Å². The molecule has 0 aromatic heterocycles. The summed E-state index contributed by atoms with van der Waals surface area (Å²) in [5, 5.41) is 1.45. The van der Waals surface area contributed by atoms with Gasteiger partial charge in [-0.1, -0.05) is 0 Å². The molecule has 0 saturated carbocycles. The molecule has 60 valence electrons. The highest BCUT2D eigenvalue weighted by Crippen LogP contribution is 1.74. The standard InChI is InChI=1S/C5H12N2O3/c1-5(8)9-4-6-10-7(2)3/h6H,4H2,1-3H3. The predicted octanol–water partition coefficient (Wildman–Crippen LogP) is -0.495. The summed E-state index contributed by atoms with van der Waals surface area (Å²) >= 11 is 0. The van der Waals surface area contributed by atoms with E-state index in [4.69, 9.17) is 4.94 Å². The van der Waals surface area contributed by atoms with Crippen LogP contribution in [0.4, 0.5) is 0 Å². The third kappa shape index (κ3) is 7.35. The fraction of sp³-hybridized carbons (Fsp3) is 0.800. The molecule has 0 saturated heterocycles. The molecule has 0 aliphatic rings. The lowest BCUT2D eigenvalue weighted by molar-refractivity contribution is -0.200. The largest absolute Gasteiger partial charge is 0.448 e. The van der Waals surface area contributed by atoms with Crippen LogP contribution < -0.4 is 5.48 Å². The predicted molar refractivity (Wildman–Crippen MR) is 34.5 cm³/mol. The smallest absolute Gasteiger partial charge is 0.304 e. The summed E-state index contributed by atoms with van der Waals surface area (Å²) in [6, 6.07) is 0. The zero-order chi connectivity index (χ0) is 7.98. The number of nitrogens with zero attached hydrogens (tertiary/aromatic N) is 1. The summed E-state index contributed by atoms with van der Waals surface area (Å²) in [4.78, 5) is 14.9. The Morgan fingerprint density at radius 2 is 2.20 bits per heavy atom. The van der Waals surface area contributed by atoms with E-state index >= 15 is 0 Å². The van der Waals surface area contributed by atoms with E-state index in [0.29, 0.717) is 0 Å². The van der Waals surface area contributed by atoms with Crippen molar-refractivity contribution < 1.29 is 14.5 Å². The molecule has 0 rings (SSSR count). The highest BCUT2D eigenvalue weighted by atomic mass is 16.8. The Labute approximate surface area is 59.8 Å². The van der Waals surface area contributed by atoms with Crippen LogP contribution in [0.1, 0.15) is 6.92 Å². The minimum Gasteiger partial charge on any atom is -0.448 e. The average molecular weight is 148 g/mol. The van der Waals surface area contributed by atoms with Gasteiger partial charge in [0.2, 0.25) is 0 Å². The molecule has 0 heterocycles. The number of ether oxygens (including phenoxy) is 1. The second-order valence-corrected chi connectivity index (χ2v) is 1.83. The quantitative estimate of drug-likeness (QED) is 0.252. The molecule has 1 N–H and O–H groups in total. The van der Waals surface area contributed by atoms with E-state index in [1.807, 2.05) is 0 Å². The van der Waals surface area contributed by atoms with Crippen molar-refractivity contribution in [1.82, 2.24) is 10.5 Å². The number of esters is 1. The maximum atomic E-state index is 10.2. The third-order valence-electron chi connectivity index (χ3n) is 0.581. The highest BCUT2D eigenvalue weighted by Gasteiger charge is 1.91. The van der Waals surface area contributed by atoms with Gasteiger partial charge in [-0.3, -0.25) is 4.79 Å². The first-order valence-electron chi connectivity index (χ1n) is 2.83. The van der Waals surface area contributed by atoms with Crippen LogP contribution in [0.25, 0.3) is 0 Å². The van der Waals surface area contributed by atoms with Crippen LogP contribution in [0.2, 0.25) is 0 Å². The lowest BCUT2D eigenvalue weighted by Crippen LogP contribution is -2.27. The molecule has 10 heavy (non-hydrogen) atoms. The van der Waals surface area contributed by atoms with E-state index in [0.717, 1.165) is 0 Å². The Kier molecular flexibility index (Phi) is 4.82. The number of hydrogen-bond acceptors (Lipinski definition) is 5. The molecule has 0 aromatic rings. The Hall–Kier alpha value is -0.650. The molecular weight excluding hydrogens is 136 g/mol. The first-order valence-corrected chi connectivity index (χ1v) is 2.83. The number of carbonyl (C=O) groups is 1. The second-order valence-electron chi connectivity index (χ2n) is 1.83. The van der Waals surface area contributed by atoms with Gasteiger partial charge < -0.3 is 4.74 Å². The molecular formula is C5H12N2O3. The van der Waals surface area contributed by atoms with E-state index in [2.05, 4.69) is 10.2 Å². The van der Waals surface area contributed by atoms with Crippen LogP contribution in [-0.4, -0.2) is 31.9 Å². The van der Waals surface area contributed by atoms with Crippen LogP contribution in [0.15, 0.2) is 0 Å². The van der Waals surface area contributed by atoms with Crippen LogP contribution in [-0.2, 0) is 14.5 Å². The Bertz CT molecular complexity index is 105. The minimum atomic E-state index is -0.338. The van der Waals surface area contributed by atoms with Gasteiger partial charge in [0.1, 0.15) is 0 Å². The molecule has 0 spiro atoms.